The highest BCUT2D eigenvalue weighted by atomic mass is 16.3. The van der Waals surface area contributed by atoms with Crippen LogP contribution in [-0.2, 0) is 0 Å². The molecule has 7 aromatic carbocycles. The van der Waals surface area contributed by atoms with E-state index in [1.807, 2.05) is 24.3 Å². The van der Waals surface area contributed by atoms with Crippen LogP contribution in [-0.4, -0.2) is 4.57 Å². The summed E-state index contributed by atoms with van der Waals surface area (Å²) in [5.74, 6) is 0. The summed E-state index contributed by atoms with van der Waals surface area (Å²) in [5, 5.41) is 7.08. The van der Waals surface area contributed by atoms with Crippen LogP contribution in [0.15, 0.2) is 160 Å². The maximum atomic E-state index is 6.24. The first-order chi connectivity index (χ1) is 22.3. The van der Waals surface area contributed by atoms with Gasteiger partial charge < -0.3 is 13.4 Å². The number of benzene rings is 7. The number of hydrogen-bond donors (Lipinski definition) is 0. The highest BCUT2D eigenvalue weighted by Crippen LogP contribution is 2.41. The van der Waals surface area contributed by atoms with Crippen molar-refractivity contribution in [3.63, 3.8) is 0 Å². The van der Waals surface area contributed by atoms with Gasteiger partial charge in [-0.3, -0.25) is 0 Å². The number of rotatable bonds is 3. The molecule has 0 saturated carbocycles. The monoisotopic (exact) mass is 575 g/mol. The quantitative estimate of drug-likeness (QED) is 0.210. The van der Waals surface area contributed by atoms with Crippen LogP contribution >= 0.6 is 0 Å². The summed E-state index contributed by atoms with van der Waals surface area (Å²) in [6.07, 6.45) is 0. The molecule has 0 unspecified atom stereocenters. The number of fused-ring (bicyclic) bond motifs is 10. The molecule has 0 atom stereocenters. The van der Waals surface area contributed by atoms with Crippen LogP contribution in [0.25, 0.3) is 93.6 Å². The maximum absolute atomic E-state index is 6.24. The number of aromatic nitrogens is 1. The molecule has 3 heterocycles. The lowest BCUT2D eigenvalue weighted by Crippen LogP contribution is -1.93. The maximum Gasteiger partial charge on any atom is 0.136 e. The second kappa shape index (κ2) is 9.22. The van der Waals surface area contributed by atoms with Gasteiger partial charge in [-0.15, -0.1) is 0 Å². The van der Waals surface area contributed by atoms with Crippen LogP contribution in [0.5, 0.6) is 0 Å². The minimum atomic E-state index is 0.919. The molecular weight excluding hydrogens is 550 g/mol. The van der Waals surface area contributed by atoms with Gasteiger partial charge in [0.1, 0.15) is 22.3 Å². The van der Waals surface area contributed by atoms with Gasteiger partial charge in [0.2, 0.25) is 0 Å². The zero-order chi connectivity index (χ0) is 29.5. The Balaban J connectivity index is 1.05. The largest absolute Gasteiger partial charge is 0.456 e. The summed E-state index contributed by atoms with van der Waals surface area (Å²) in [6.45, 7) is 0. The molecule has 0 aliphatic carbocycles. The van der Waals surface area contributed by atoms with E-state index in [1.54, 1.807) is 0 Å². The van der Waals surface area contributed by atoms with Crippen LogP contribution < -0.4 is 0 Å². The molecule has 0 amide bonds. The summed E-state index contributed by atoms with van der Waals surface area (Å²) >= 11 is 0. The molecule has 3 nitrogen and oxygen atoms in total. The van der Waals surface area contributed by atoms with E-state index < -0.39 is 0 Å². The van der Waals surface area contributed by atoms with E-state index in [0.717, 1.165) is 44.2 Å². The average Bonchev–Trinajstić information content (AvgIpc) is 3.77. The molecule has 0 spiro atoms. The standard InChI is InChI=1S/C42H25NO2/c1-4-10-35-32(8-1)41-36(22-24-40-42(41)33-9-3-6-12-38(33)45-40)43(35)30-20-17-27(18-21-30)26-13-15-28(16-14-26)29-19-23-39-34(25-29)31-7-2-5-11-37(31)44-39/h1-25H. The molecule has 3 aromatic heterocycles. The van der Waals surface area contributed by atoms with Crippen molar-refractivity contribution in [3.05, 3.63) is 152 Å². The Morgan fingerprint density at radius 3 is 1.64 bits per heavy atom. The molecule has 210 valence electrons. The molecule has 0 fully saturated rings. The van der Waals surface area contributed by atoms with Gasteiger partial charge in [0, 0.05) is 38.0 Å². The van der Waals surface area contributed by atoms with Gasteiger partial charge in [-0.25, -0.2) is 0 Å². The van der Waals surface area contributed by atoms with E-state index in [9.17, 15) is 0 Å². The molecule has 0 aliphatic rings. The zero-order valence-corrected chi connectivity index (χ0v) is 24.2. The minimum Gasteiger partial charge on any atom is -0.456 e. The topological polar surface area (TPSA) is 31.2 Å². The highest BCUT2D eigenvalue weighted by molar-refractivity contribution is 6.27. The van der Waals surface area contributed by atoms with Gasteiger partial charge >= 0.3 is 0 Å². The van der Waals surface area contributed by atoms with Crippen LogP contribution in [0, 0.1) is 0 Å². The van der Waals surface area contributed by atoms with Crippen molar-refractivity contribution in [2.24, 2.45) is 0 Å². The van der Waals surface area contributed by atoms with E-state index >= 15 is 0 Å². The predicted octanol–water partition coefficient (Wildman–Crippen LogP) is 11.9. The Morgan fingerprint density at radius 1 is 0.333 bits per heavy atom. The normalized spacial score (nSPS) is 12.0. The van der Waals surface area contributed by atoms with Gasteiger partial charge in [0.05, 0.1) is 11.0 Å². The fraction of sp³-hybridized carbons (Fsp3) is 0. The molecule has 10 rings (SSSR count). The van der Waals surface area contributed by atoms with E-state index in [2.05, 4.69) is 132 Å². The molecule has 0 bridgehead atoms. The summed E-state index contributed by atoms with van der Waals surface area (Å²) in [4.78, 5) is 0. The van der Waals surface area contributed by atoms with Crippen molar-refractivity contribution in [1.29, 1.82) is 0 Å². The van der Waals surface area contributed by atoms with Gasteiger partial charge in [-0.1, -0.05) is 97.1 Å². The first-order valence-corrected chi connectivity index (χ1v) is 15.3. The number of nitrogens with zero attached hydrogens (tertiary/aromatic N) is 1. The Kier molecular flexibility index (Phi) is 5.00. The summed E-state index contributed by atoms with van der Waals surface area (Å²) < 4.78 is 14.6. The fourth-order valence-corrected chi connectivity index (χ4v) is 7.12. The third kappa shape index (κ3) is 3.58. The third-order valence-corrected chi connectivity index (χ3v) is 9.23. The Morgan fingerprint density at radius 2 is 0.867 bits per heavy atom. The smallest absolute Gasteiger partial charge is 0.136 e. The van der Waals surface area contributed by atoms with Crippen LogP contribution in [0.3, 0.4) is 0 Å². The molecule has 45 heavy (non-hydrogen) atoms. The zero-order valence-electron chi connectivity index (χ0n) is 24.2. The third-order valence-electron chi connectivity index (χ3n) is 9.23. The molecular formula is C42H25NO2. The van der Waals surface area contributed by atoms with Crippen molar-refractivity contribution >= 4 is 65.7 Å². The Hall–Kier alpha value is -6.06. The predicted molar refractivity (Wildman–Crippen MR) is 186 cm³/mol. The summed E-state index contributed by atoms with van der Waals surface area (Å²) in [5.41, 5.74) is 11.9. The van der Waals surface area contributed by atoms with Crippen molar-refractivity contribution in [2.45, 2.75) is 0 Å². The van der Waals surface area contributed by atoms with Crippen molar-refractivity contribution in [2.75, 3.05) is 0 Å². The highest BCUT2D eigenvalue weighted by Gasteiger charge is 2.18. The number of hydrogen-bond acceptors (Lipinski definition) is 2. The lowest BCUT2D eigenvalue weighted by atomic mass is 9.99. The van der Waals surface area contributed by atoms with Gasteiger partial charge in [0.25, 0.3) is 0 Å². The minimum absolute atomic E-state index is 0.919. The second-order valence-corrected chi connectivity index (χ2v) is 11.7. The lowest BCUT2D eigenvalue weighted by molar-refractivity contribution is 0.668. The summed E-state index contributed by atoms with van der Waals surface area (Å²) in [7, 11) is 0. The van der Waals surface area contributed by atoms with Crippen molar-refractivity contribution < 1.29 is 8.83 Å². The van der Waals surface area contributed by atoms with E-state index in [0.29, 0.717) is 0 Å². The Labute approximate surface area is 258 Å². The molecule has 10 aromatic rings. The average molecular weight is 576 g/mol. The first kappa shape index (κ1) is 24.4. The SMILES string of the molecule is c1ccc2c(c1)oc1ccc(-c3ccc(-c4ccc(-n5c6ccccc6c6c7c(ccc65)oc5ccccc57)cc4)cc3)cc12. The molecule has 0 aliphatic heterocycles. The van der Waals surface area contributed by atoms with E-state index in [1.165, 1.54) is 49.4 Å². The van der Waals surface area contributed by atoms with Crippen LogP contribution in [0.4, 0.5) is 0 Å². The van der Waals surface area contributed by atoms with Crippen LogP contribution in [0.1, 0.15) is 0 Å². The fourth-order valence-electron chi connectivity index (χ4n) is 7.12. The number of furan rings is 2. The van der Waals surface area contributed by atoms with Crippen LogP contribution in [0.2, 0.25) is 0 Å². The van der Waals surface area contributed by atoms with Gasteiger partial charge in [-0.05, 0) is 76.9 Å². The van der Waals surface area contributed by atoms with Gasteiger partial charge in [-0.2, -0.15) is 0 Å². The summed E-state index contributed by atoms with van der Waals surface area (Å²) in [6, 6.07) is 53.7. The molecule has 0 saturated heterocycles. The molecule has 0 radical (unpaired) electrons. The van der Waals surface area contributed by atoms with E-state index in [-0.39, 0.29) is 0 Å². The first-order valence-electron chi connectivity index (χ1n) is 15.3. The van der Waals surface area contributed by atoms with Gasteiger partial charge in [0.15, 0.2) is 0 Å². The second-order valence-electron chi connectivity index (χ2n) is 11.7. The molecule has 0 N–H and O–H groups in total. The number of para-hydroxylation sites is 3. The van der Waals surface area contributed by atoms with E-state index in [4.69, 9.17) is 8.83 Å². The van der Waals surface area contributed by atoms with Crippen molar-refractivity contribution in [3.8, 4) is 27.9 Å². The Bertz CT molecular complexity index is 2740. The molecule has 3 heteroatoms. The lowest BCUT2D eigenvalue weighted by Gasteiger charge is -2.10. The van der Waals surface area contributed by atoms with Crippen molar-refractivity contribution in [1.82, 2.24) is 4.57 Å².